The zero-order valence-corrected chi connectivity index (χ0v) is 10.4. The van der Waals surface area contributed by atoms with Crippen LogP contribution in [0.1, 0.15) is 31.1 Å². The normalized spacial score (nSPS) is 11.3. The van der Waals surface area contributed by atoms with Crippen molar-refractivity contribution in [2.45, 2.75) is 26.3 Å². The second kappa shape index (κ2) is 4.42. The Hall–Kier alpha value is -0.730. The SMILES string of the molecule is CC(C)(C)NC(=O)c1ccc(Cl)cc1Cl. The van der Waals surface area contributed by atoms with Crippen molar-refractivity contribution >= 4 is 29.1 Å². The summed E-state index contributed by atoms with van der Waals surface area (Å²) in [4.78, 5) is 11.8. The lowest BCUT2D eigenvalue weighted by Gasteiger charge is -2.20. The van der Waals surface area contributed by atoms with Crippen LogP contribution in [0, 0.1) is 0 Å². The van der Waals surface area contributed by atoms with Crippen molar-refractivity contribution in [2.24, 2.45) is 0 Å². The number of benzene rings is 1. The maximum Gasteiger partial charge on any atom is 0.253 e. The van der Waals surface area contributed by atoms with Crippen molar-refractivity contribution in [1.29, 1.82) is 0 Å². The highest BCUT2D eigenvalue weighted by Gasteiger charge is 2.17. The summed E-state index contributed by atoms with van der Waals surface area (Å²) in [5.41, 5.74) is 0.163. The first kappa shape index (κ1) is 12.3. The summed E-state index contributed by atoms with van der Waals surface area (Å²) in [7, 11) is 0. The lowest BCUT2D eigenvalue weighted by Crippen LogP contribution is -2.40. The molecule has 1 rings (SSSR count). The minimum absolute atomic E-state index is 0.191. The molecule has 0 aromatic heterocycles. The Kier molecular flexibility index (Phi) is 3.63. The summed E-state index contributed by atoms with van der Waals surface area (Å²) in [6.07, 6.45) is 0. The largest absolute Gasteiger partial charge is 0.347 e. The molecule has 0 saturated heterocycles. The van der Waals surface area contributed by atoms with E-state index in [2.05, 4.69) is 5.32 Å². The van der Waals surface area contributed by atoms with E-state index in [1.807, 2.05) is 20.8 Å². The average molecular weight is 246 g/mol. The van der Waals surface area contributed by atoms with Gasteiger partial charge in [0.25, 0.3) is 5.91 Å². The van der Waals surface area contributed by atoms with Crippen LogP contribution in [-0.2, 0) is 0 Å². The fraction of sp³-hybridized carbons (Fsp3) is 0.364. The van der Waals surface area contributed by atoms with Gasteiger partial charge in [-0.2, -0.15) is 0 Å². The zero-order valence-electron chi connectivity index (χ0n) is 8.90. The smallest absolute Gasteiger partial charge is 0.253 e. The molecule has 1 N–H and O–H groups in total. The summed E-state index contributed by atoms with van der Waals surface area (Å²) < 4.78 is 0. The Morgan fingerprint density at radius 1 is 1.27 bits per heavy atom. The third-order valence-electron chi connectivity index (χ3n) is 1.66. The average Bonchev–Trinajstić information content (AvgIpc) is 1.99. The van der Waals surface area contributed by atoms with Crippen LogP contribution in [0.5, 0.6) is 0 Å². The van der Waals surface area contributed by atoms with Crippen molar-refractivity contribution in [3.05, 3.63) is 33.8 Å². The van der Waals surface area contributed by atoms with Gasteiger partial charge in [0, 0.05) is 10.6 Å². The predicted molar refractivity (Wildman–Crippen MR) is 63.7 cm³/mol. The molecule has 0 aliphatic heterocycles. The van der Waals surface area contributed by atoms with Gasteiger partial charge in [-0.25, -0.2) is 0 Å². The molecule has 2 nitrogen and oxygen atoms in total. The lowest BCUT2D eigenvalue weighted by atomic mass is 10.1. The molecular weight excluding hydrogens is 233 g/mol. The Labute approximate surface area is 99.6 Å². The van der Waals surface area contributed by atoms with Crippen molar-refractivity contribution in [3.63, 3.8) is 0 Å². The van der Waals surface area contributed by atoms with Crippen LogP contribution in [-0.4, -0.2) is 11.4 Å². The Balaban J connectivity index is 2.92. The predicted octanol–water partition coefficient (Wildman–Crippen LogP) is 3.52. The van der Waals surface area contributed by atoms with Gasteiger partial charge >= 0.3 is 0 Å². The Bertz CT molecular complexity index is 383. The number of rotatable bonds is 1. The van der Waals surface area contributed by atoms with Crippen LogP contribution in [0.25, 0.3) is 0 Å². The van der Waals surface area contributed by atoms with Gasteiger partial charge < -0.3 is 5.32 Å². The van der Waals surface area contributed by atoms with E-state index in [0.717, 1.165) is 0 Å². The highest BCUT2D eigenvalue weighted by atomic mass is 35.5. The van der Waals surface area contributed by atoms with E-state index in [1.165, 1.54) is 0 Å². The van der Waals surface area contributed by atoms with Crippen molar-refractivity contribution < 1.29 is 4.79 Å². The highest BCUT2D eigenvalue weighted by Crippen LogP contribution is 2.21. The third kappa shape index (κ3) is 3.73. The number of halogens is 2. The second-order valence-electron chi connectivity index (χ2n) is 4.33. The summed E-state index contributed by atoms with van der Waals surface area (Å²) >= 11 is 11.6. The molecule has 4 heteroatoms. The summed E-state index contributed by atoms with van der Waals surface area (Å²) in [6, 6.07) is 4.82. The first-order valence-corrected chi connectivity index (χ1v) is 5.33. The first-order valence-electron chi connectivity index (χ1n) is 4.57. The van der Waals surface area contributed by atoms with E-state index >= 15 is 0 Å². The van der Waals surface area contributed by atoms with Gasteiger partial charge in [0.15, 0.2) is 0 Å². The number of hydrogen-bond donors (Lipinski definition) is 1. The van der Waals surface area contributed by atoms with Crippen LogP contribution in [0.2, 0.25) is 10.0 Å². The lowest BCUT2D eigenvalue weighted by molar-refractivity contribution is 0.0919. The van der Waals surface area contributed by atoms with Crippen molar-refractivity contribution in [1.82, 2.24) is 5.32 Å². The first-order chi connectivity index (χ1) is 6.79. The van der Waals surface area contributed by atoms with Crippen LogP contribution in [0.3, 0.4) is 0 Å². The standard InChI is InChI=1S/C11H13Cl2NO/c1-11(2,3)14-10(15)8-5-4-7(12)6-9(8)13/h4-6H,1-3H3,(H,14,15). The van der Waals surface area contributed by atoms with Crippen LogP contribution >= 0.6 is 23.2 Å². The van der Waals surface area contributed by atoms with E-state index in [0.29, 0.717) is 15.6 Å². The zero-order chi connectivity index (χ0) is 11.6. The van der Waals surface area contributed by atoms with Crippen LogP contribution in [0.15, 0.2) is 18.2 Å². The minimum Gasteiger partial charge on any atom is -0.347 e. The summed E-state index contributed by atoms with van der Waals surface area (Å²) in [5, 5.41) is 3.71. The van der Waals surface area contributed by atoms with Gasteiger partial charge in [-0.3, -0.25) is 4.79 Å². The quantitative estimate of drug-likeness (QED) is 0.806. The van der Waals surface area contributed by atoms with Gasteiger partial charge in [0.2, 0.25) is 0 Å². The maximum atomic E-state index is 11.8. The van der Waals surface area contributed by atoms with Crippen molar-refractivity contribution in [3.8, 4) is 0 Å². The molecule has 0 fully saturated rings. The highest BCUT2D eigenvalue weighted by molar-refractivity contribution is 6.36. The van der Waals surface area contributed by atoms with Crippen molar-refractivity contribution in [2.75, 3.05) is 0 Å². The maximum absolute atomic E-state index is 11.8. The van der Waals surface area contributed by atoms with Crippen LogP contribution < -0.4 is 5.32 Å². The number of carbonyl (C=O) groups is 1. The van der Waals surface area contributed by atoms with E-state index < -0.39 is 0 Å². The molecule has 0 aliphatic rings. The summed E-state index contributed by atoms with van der Waals surface area (Å²) in [6.45, 7) is 5.73. The molecule has 0 atom stereocenters. The Morgan fingerprint density at radius 3 is 2.33 bits per heavy atom. The van der Waals surface area contributed by atoms with E-state index in [1.54, 1.807) is 18.2 Å². The van der Waals surface area contributed by atoms with Crippen LogP contribution in [0.4, 0.5) is 0 Å². The van der Waals surface area contributed by atoms with Gasteiger partial charge in [0.1, 0.15) is 0 Å². The molecule has 0 aliphatic carbocycles. The van der Waals surface area contributed by atoms with Gasteiger partial charge in [-0.05, 0) is 39.0 Å². The molecule has 0 bridgehead atoms. The number of nitrogens with one attached hydrogen (secondary N) is 1. The molecule has 82 valence electrons. The second-order valence-corrected chi connectivity index (χ2v) is 5.17. The third-order valence-corrected chi connectivity index (χ3v) is 2.21. The molecular formula is C11H13Cl2NO. The molecule has 0 radical (unpaired) electrons. The molecule has 0 spiro atoms. The minimum atomic E-state index is -0.278. The molecule has 15 heavy (non-hydrogen) atoms. The number of hydrogen-bond acceptors (Lipinski definition) is 1. The molecule has 0 unspecified atom stereocenters. The molecule has 0 heterocycles. The molecule has 0 saturated carbocycles. The van der Waals surface area contributed by atoms with Gasteiger partial charge in [-0.15, -0.1) is 0 Å². The number of amides is 1. The fourth-order valence-corrected chi connectivity index (χ4v) is 1.58. The fourth-order valence-electron chi connectivity index (χ4n) is 1.08. The monoisotopic (exact) mass is 245 g/mol. The topological polar surface area (TPSA) is 29.1 Å². The van der Waals surface area contributed by atoms with Gasteiger partial charge in [-0.1, -0.05) is 23.2 Å². The molecule has 1 aromatic rings. The van der Waals surface area contributed by atoms with E-state index in [9.17, 15) is 4.79 Å². The molecule has 1 amide bonds. The molecule has 1 aromatic carbocycles. The Morgan fingerprint density at radius 2 is 1.87 bits per heavy atom. The van der Waals surface area contributed by atoms with E-state index in [4.69, 9.17) is 23.2 Å². The number of carbonyl (C=O) groups excluding carboxylic acids is 1. The van der Waals surface area contributed by atoms with E-state index in [-0.39, 0.29) is 11.4 Å². The summed E-state index contributed by atoms with van der Waals surface area (Å²) in [5.74, 6) is -0.191. The van der Waals surface area contributed by atoms with Gasteiger partial charge in [0.05, 0.1) is 10.6 Å².